The summed E-state index contributed by atoms with van der Waals surface area (Å²) in [7, 11) is 0. The Bertz CT molecular complexity index is 584. The number of fused-ring (bicyclic) bond motifs is 1. The minimum atomic E-state index is 0.521. The van der Waals surface area contributed by atoms with Crippen molar-refractivity contribution in [3.63, 3.8) is 0 Å². The fraction of sp³-hybridized carbons (Fsp3) is 0.278. The van der Waals surface area contributed by atoms with Gasteiger partial charge in [0, 0.05) is 18.2 Å². The lowest BCUT2D eigenvalue weighted by Gasteiger charge is -2.27. The highest BCUT2D eigenvalue weighted by molar-refractivity contribution is 6.03. The van der Waals surface area contributed by atoms with Crippen LogP contribution >= 0.6 is 0 Å². The van der Waals surface area contributed by atoms with Crippen LogP contribution in [-0.2, 0) is 0 Å². The van der Waals surface area contributed by atoms with Gasteiger partial charge in [-0.2, -0.15) is 0 Å². The van der Waals surface area contributed by atoms with E-state index < -0.39 is 0 Å². The van der Waals surface area contributed by atoms with Crippen LogP contribution in [0.25, 0.3) is 0 Å². The van der Waals surface area contributed by atoms with Crippen LogP contribution in [0.5, 0.6) is 0 Å². The molecule has 19 heavy (non-hydrogen) atoms. The molecule has 0 saturated carbocycles. The van der Waals surface area contributed by atoms with E-state index in [1.54, 1.807) is 0 Å². The van der Waals surface area contributed by atoms with E-state index >= 15 is 0 Å². The second-order valence-corrected chi connectivity index (χ2v) is 5.01. The molecule has 3 rings (SSSR count). The number of benzene rings is 2. The average Bonchev–Trinajstić information content (AvgIpc) is 2.49. The van der Waals surface area contributed by atoms with Crippen LogP contribution in [0.15, 0.2) is 59.6 Å². The van der Waals surface area contributed by atoms with Gasteiger partial charge in [-0.25, -0.2) is 0 Å². The predicted octanol–water partition coefficient (Wildman–Crippen LogP) is 4.42. The van der Waals surface area contributed by atoms with E-state index in [4.69, 9.17) is 0 Å². The van der Waals surface area contributed by atoms with E-state index in [2.05, 4.69) is 66.5 Å². The topological polar surface area (TPSA) is 12.4 Å². The van der Waals surface area contributed by atoms with Crippen molar-refractivity contribution in [2.75, 3.05) is 6.54 Å². The predicted molar refractivity (Wildman–Crippen MR) is 81.0 cm³/mol. The SMILES string of the molecule is CCN=C1CCC(c2ccccc2)c2ccccc21. The van der Waals surface area contributed by atoms with Crippen molar-refractivity contribution >= 4 is 5.71 Å². The molecule has 2 aromatic rings. The average molecular weight is 249 g/mol. The normalized spacial score (nSPS) is 20.3. The molecule has 1 aliphatic carbocycles. The molecule has 0 N–H and O–H groups in total. The third-order valence-electron chi connectivity index (χ3n) is 3.87. The van der Waals surface area contributed by atoms with Gasteiger partial charge in [-0.1, -0.05) is 54.6 Å². The second-order valence-electron chi connectivity index (χ2n) is 5.01. The smallest absolute Gasteiger partial charge is 0.0423 e. The fourth-order valence-corrected chi connectivity index (χ4v) is 3.02. The minimum absolute atomic E-state index is 0.521. The highest BCUT2D eigenvalue weighted by atomic mass is 14.7. The summed E-state index contributed by atoms with van der Waals surface area (Å²) in [6.07, 6.45) is 2.25. The van der Waals surface area contributed by atoms with Crippen LogP contribution in [0, 0.1) is 0 Å². The molecule has 0 bridgehead atoms. The molecule has 0 spiro atoms. The lowest BCUT2D eigenvalue weighted by atomic mass is 9.78. The Balaban J connectivity index is 2.07. The lowest BCUT2D eigenvalue weighted by molar-refractivity contribution is 0.721. The zero-order valence-electron chi connectivity index (χ0n) is 11.3. The van der Waals surface area contributed by atoms with Gasteiger partial charge in [0.15, 0.2) is 0 Å². The van der Waals surface area contributed by atoms with Gasteiger partial charge >= 0.3 is 0 Å². The summed E-state index contributed by atoms with van der Waals surface area (Å²) in [4.78, 5) is 4.67. The molecule has 0 saturated heterocycles. The first kappa shape index (κ1) is 12.2. The van der Waals surface area contributed by atoms with Crippen LogP contribution in [0.1, 0.15) is 42.4 Å². The minimum Gasteiger partial charge on any atom is -0.289 e. The molecule has 96 valence electrons. The highest BCUT2D eigenvalue weighted by Crippen LogP contribution is 2.36. The molecule has 1 heteroatoms. The Morgan fingerprint density at radius 1 is 1.00 bits per heavy atom. The number of aliphatic imine (C=N–C) groups is 1. The maximum atomic E-state index is 4.67. The van der Waals surface area contributed by atoms with Gasteiger partial charge in [0.2, 0.25) is 0 Å². The second kappa shape index (κ2) is 5.40. The first-order valence-electron chi connectivity index (χ1n) is 7.07. The number of nitrogens with zero attached hydrogens (tertiary/aromatic N) is 1. The zero-order valence-corrected chi connectivity index (χ0v) is 11.3. The van der Waals surface area contributed by atoms with Crippen LogP contribution in [0.3, 0.4) is 0 Å². The Labute approximate surface area is 115 Å². The Kier molecular flexibility index (Phi) is 3.45. The van der Waals surface area contributed by atoms with Crippen molar-refractivity contribution in [3.8, 4) is 0 Å². The summed E-state index contributed by atoms with van der Waals surface area (Å²) in [6, 6.07) is 19.6. The van der Waals surface area contributed by atoms with Gasteiger partial charge in [-0.15, -0.1) is 0 Å². The fourth-order valence-electron chi connectivity index (χ4n) is 3.02. The molecule has 0 fully saturated rings. The van der Waals surface area contributed by atoms with Gasteiger partial charge < -0.3 is 0 Å². The summed E-state index contributed by atoms with van der Waals surface area (Å²) in [6.45, 7) is 2.98. The van der Waals surface area contributed by atoms with Gasteiger partial charge in [-0.05, 0) is 36.5 Å². The van der Waals surface area contributed by atoms with Crippen molar-refractivity contribution in [1.29, 1.82) is 0 Å². The first-order valence-corrected chi connectivity index (χ1v) is 7.07. The molecule has 1 unspecified atom stereocenters. The molecule has 1 nitrogen and oxygen atoms in total. The van der Waals surface area contributed by atoms with E-state index in [0.29, 0.717) is 5.92 Å². The van der Waals surface area contributed by atoms with Crippen LogP contribution in [-0.4, -0.2) is 12.3 Å². The van der Waals surface area contributed by atoms with E-state index in [1.807, 2.05) is 0 Å². The van der Waals surface area contributed by atoms with E-state index in [1.165, 1.54) is 28.8 Å². The maximum absolute atomic E-state index is 4.67. The molecule has 1 aliphatic rings. The number of hydrogen-bond donors (Lipinski definition) is 0. The molecular formula is C18H19N. The Hall–Kier alpha value is -1.89. The zero-order chi connectivity index (χ0) is 13.1. The molecule has 0 heterocycles. The van der Waals surface area contributed by atoms with E-state index in [9.17, 15) is 0 Å². The van der Waals surface area contributed by atoms with E-state index in [-0.39, 0.29) is 0 Å². The summed E-state index contributed by atoms with van der Waals surface area (Å²) < 4.78 is 0. The third kappa shape index (κ3) is 2.33. The molecule has 0 aliphatic heterocycles. The van der Waals surface area contributed by atoms with Crippen molar-refractivity contribution in [2.45, 2.75) is 25.7 Å². The van der Waals surface area contributed by atoms with Crippen LogP contribution < -0.4 is 0 Å². The monoisotopic (exact) mass is 249 g/mol. The Morgan fingerprint density at radius 3 is 2.53 bits per heavy atom. The van der Waals surface area contributed by atoms with E-state index in [0.717, 1.165) is 13.0 Å². The standard InChI is InChI=1S/C18H19N/c1-2-19-18-13-12-15(14-8-4-3-5-9-14)16-10-6-7-11-17(16)18/h3-11,15H,2,12-13H2,1H3. The number of rotatable bonds is 2. The number of hydrogen-bond acceptors (Lipinski definition) is 1. The summed E-state index contributed by atoms with van der Waals surface area (Å²) in [5.41, 5.74) is 5.49. The molecule has 2 aromatic carbocycles. The summed E-state index contributed by atoms with van der Waals surface area (Å²) >= 11 is 0. The van der Waals surface area contributed by atoms with Crippen LogP contribution in [0.4, 0.5) is 0 Å². The van der Waals surface area contributed by atoms with Crippen molar-refractivity contribution in [1.82, 2.24) is 0 Å². The molecule has 0 aromatic heterocycles. The molecule has 0 amide bonds. The van der Waals surface area contributed by atoms with Crippen LogP contribution in [0.2, 0.25) is 0 Å². The highest BCUT2D eigenvalue weighted by Gasteiger charge is 2.24. The van der Waals surface area contributed by atoms with Gasteiger partial charge in [-0.3, -0.25) is 4.99 Å². The van der Waals surface area contributed by atoms with Gasteiger partial charge in [0.25, 0.3) is 0 Å². The first-order chi connectivity index (χ1) is 9.40. The quantitative estimate of drug-likeness (QED) is 0.747. The molecule has 0 radical (unpaired) electrons. The third-order valence-corrected chi connectivity index (χ3v) is 3.87. The van der Waals surface area contributed by atoms with Crippen molar-refractivity contribution in [3.05, 3.63) is 71.3 Å². The Morgan fingerprint density at radius 2 is 1.74 bits per heavy atom. The van der Waals surface area contributed by atoms with Crippen molar-refractivity contribution < 1.29 is 0 Å². The molecule has 1 atom stereocenters. The summed E-state index contributed by atoms with van der Waals surface area (Å²) in [5.74, 6) is 0.521. The lowest BCUT2D eigenvalue weighted by Crippen LogP contribution is -2.17. The van der Waals surface area contributed by atoms with Gasteiger partial charge in [0.05, 0.1) is 0 Å². The maximum Gasteiger partial charge on any atom is 0.0423 e. The largest absolute Gasteiger partial charge is 0.289 e. The van der Waals surface area contributed by atoms with Gasteiger partial charge in [0.1, 0.15) is 0 Å². The summed E-state index contributed by atoms with van der Waals surface area (Å²) in [5, 5.41) is 0. The molecular weight excluding hydrogens is 230 g/mol. The van der Waals surface area contributed by atoms with Crippen molar-refractivity contribution in [2.24, 2.45) is 4.99 Å².